The zero-order chi connectivity index (χ0) is 20.3. The number of carbonyl (C=O) groups is 2. The number of amides is 2. The molecule has 28 heavy (non-hydrogen) atoms. The van der Waals surface area contributed by atoms with E-state index in [4.69, 9.17) is 4.52 Å². The zero-order valence-corrected chi connectivity index (χ0v) is 16.3. The highest BCUT2D eigenvalue weighted by Gasteiger charge is 2.21. The molecule has 0 bridgehead atoms. The van der Waals surface area contributed by atoms with Gasteiger partial charge in [-0.2, -0.15) is 5.10 Å². The van der Waals surface area contributed by atoms with E-state index in [1.807, 2.05) is 45.0 Å². The summed E-state index contributed by atoms with van der Waals surface area (Å²) in [5.74, 6) is 0.0225. The van der Waals surface area contributed by atoms with Crippen molar-refractivity contribution in [3.63, 3.8) is 0 Å². The maximum atomic E-state index is 12.6. The van der Waals surface area contributed by atoms with Crippen LogP contribution in [-0.2, 0) is 7.05 Å². The average molecular weight is 381 g/mol. The van der Waals surface area contributed by atoms with Crippen LogP contribution in [0.2, 0.25) is 0 Å². The standard InChI is InChI=1S/C20H23N5O3/c1-12(2)10-21-20(27)18-16(11-22-25(18)4)23-19(26)15-9-17(28-24-15)14-7-5-13(3)6-8-14/h5-9,11-12H,10H2,1-4H3,(H,21,27)(H,23,26). The summed E-state index contributed by atoms with van der Waals surface area (Å²) in [5, 5.41) is 13.4. The molecule has 2 heterocycles. The van der Waals surface area contributed by atoms with Crippen molar-refractivity contribution >= 4 is 17.5 Å². The fourth-order valence-electron chi connectivity index (χ4n) is 2.60. The van der Waals surface area contributed by atoms with Gasteiger partial charge >= 0.3 is 0 Å². The van der Waals surface area contributed by atoms with E-state index in [0.29, 0.717) is 23.9 Å². The molecule has 0 aliphatic heterocycles. The predicted molar refractivity (Wildman–Crippen MR) is 105 cm³/mol. The van der Waals surface area contributed by atoms with E-state index in [1.54, 1.807) is 13.1 Å². The SMILES string of the molecule is Cc1ccc(-c2cc(C(=O)Nc3cnn(C)c3C(=O)NCC(C)C)no2)cc1. The quantitative estimate of drug-likeness (QED) is 0.683. The van der Waals surface area contributed by atoms with Crippen LogP contribution >= 0.6 is 0 Å². The van der Waals surface area contributed by atoms with Gasteiger partial charge in [-0.05, 0) is 12.8 Å². The number of aromatic nitrogens is 3. The third-order valence-electron chi connectivity index (χ3n) is 4.15. The number of anilines is 1. The van der Waals surface area contributed by atoms with Crippen LogP contribution in [0.25, 0.3) is 11.3 Å². The Morgan fingerprint density at radius 3 is 2.57 bits per heavy atom. The highest BCUT2D eigenvalue weighted by Crippen LogP contribution is 2.22. The van der Waals surface area contributed by atoms with E-state index in [9.17, 15) is 9.59 Å². The molecule has 8 heteroatoms. The van der Waals surface area contributed by atoms with Crippen LogP contribution in [0.3, 0.4) is 0 Å². The summed E-state index contributed by atoms with van der Waals surface area (Å²) in [4.78, 5) is 25.0. The minimum Gasteiger partial charge on any atom is -0.355 e. The molecule has 2 amide bonds. The largest absolute Gasteiger partial charge is 0.355 e. The molecule has 3 aromatic rings. The van der Waals surface area contributed by atoms with Crippen LogP contribution in [-0.4, -0.2) is 33.3 Å². The number of carbonyl (C=O) groups excluding carboxylic acids is 2. The molecule has 146 valence electrons. The normalized spacial score (nSPS) is 10.9. The minimum atomic E-state index is -0.479. The molecule has 0 spiro atoms. The van der Waals surface area contributed by atoms with Crippen molar-refractivity contribution in [3.8, 4) is 11.3 Å². The third-order valence-corrected chi connectivity index (χ3v) is 4.15. The van der Waals surface area contributed by atoms with Crippen molar-refractivity contribution < 1.29 is 14.1 Å². The maximum absolute atomic E-state index is 12.6. The molecule has 0 saturated heterocycles. The van der Waals surface area contributed by atoms with Gasteiger partial charge in [-0.3, -0.25) is 14.3 Å². The topological polar surface area (TPSA) is 102 Å². The molecule has 1 aromatic carbocycles. The van der Waals surface area contributed by atoms with E-state index < -0.39 is 5.91 Å². The molecule has 2 N–H and O–H groups in total. The summed E-state index contributed by atoms with van der Waals surface area (Å²) in [5.41, 5.74) is 2.66. The number of nitrogens with one attached hydrogen (secondary N) is 2. The second-order valence-electron chi connectivity index (χ2n) is 7.03. The molecule has 0 aliphatic carbocycles. The minimum absolute atomic E-state index is 0.118. The summed E-state index contributed by atoms with van der Waals surface area (Å²) in [6.45, 7) is 6.53. The Morgan fingerprint density at radius 2 is 1.89 bits per heavy atom. The fraction of sp³-hybridized carbons (Fsp3) is 0.300. The van der Waals surface area contributed by atoms with Gasteiger partial charge in [0.25, 0.3) is 11.8 Å². The molecule has 0 radical (unpaired) electrons. The van der Waals surface area contributed by atoms with Gasteiger partial charge in [0, 0.05) is 25.2 Å². The third kappa shape index (κ3) is 4.28. The van der Waals surface area contributed by atoms with Crippen molar-refractivity contribution in [1.82, 2.24) is 20.3 Å². The molecule has 3 rings (SSSR count). The van der Waals surface area contributed by atoms with Crippen molar-refractivity contribution in [1.29, 1.82) is 0 Å². The second kappa shape index (κ2) is 8.08. The van der Waals surface area contributed by atoms with Crippen LogP contribution in [0.4, 0.5) is 5.69 Å². The van der Waals surface area contributed by atoms with E-state index in [1.165, 1.54) is 10.9 Å². The highest BCUT2D eigenvalue weighted by atomic mass is 16.5. The number of aryl methyl sites for hydroxylation is 2. The van der Waals surface area contributed by atoms with Crippen LogP contribution in [0.5, 0.6) is 0 Å². The first kappa shape index (κ1) is 19.3. The van der Waals surface area contributed by atoms with Gasteiger partial charge in [0.15, 0.2) is 11.5 Å². The molecule has 0 atom stereocenters. The molecular formula is C20H23N5O3. The Balaban J connectivity index is 1.75. The van der Waals surface area contributed by atoms with Crippen LogP contribution in [0, 0.1) is 12.8 Å². The van der Waals surface area contributed by atoms with Gasteiger partial charge in [-0.25, -0.2) is 0 Å². The Morgan fingerprint density at radius 1 is 1.18 bits per heavy atom. The molecule has 2 aromatic heterocycles. The number of hydrogen-bond acceptors (Lipinski definition) is 5. The maximum Gasteiger partial charge on any atom is 0.277 e. The van der Waals surface area contributed by atoms with E-state index >= 15 is 0 Å². The first-order chi connectivity index (χ1) is 13.3. The second-order valence-corrected chi connectivity index (χ2v) is 7.03. The lowest BCUT2D eigenvalue weighted by atomic mass is 10.1. The van der Waals surface area contributed by atoms with Crippen LogP contribution in [0.1, 0.15) is 40.4 Å². The lowest BCUT2D eigenvalue weighted by molar-refractivity contribution is 0.0940. The average Bonchev–Trinajstić information content (AvgIpc) is 3.28. The van der Waals surface area contributed by atoms with Crippen molar-refractivity contribution in [2.24, 2.45) is 13.0 Å². The van der Waals surface area contributed by atoms with Gasteiger partial charge < -0.3 is 15.2 Å². The van der Waals surface area contributed by atoms with Crippen molar-refractivity contribution in [3.05, 3.63) is 53.5 Å². The summed E-state index contributed by atoms with van der Waals surface area (Å²) < 4.78 is 6.71. The van der Waals surface area contributed by atoms with Gasteiger partial charge in [0.2, 0.25) is 0 Å². The van der Waals surface area contributed by atoms with E-state index in [-0.39, 0.29) is 17.3 Å². The number of nitrogens with zero attached hydrogens (tertiary/aromatic N) is 3. The fourth-order valence-corrected chi connectivity index (χ4v) is 2.60. The monoisotopic (exact) mass is 381 g/mol. The van der Waals surface area contributed by atoms with E-state index in [0.717, 1.165) is 11.1 Å². The van der Waals surface area contributed by atoms with Gasteiger partial charge in [0.1, 0.15) is 5.69 Å². The van der Waals surface area contributed by atoms with Gasteiger partial charge in [-0.15, -0.1) is 0 Å². The van der Waals surface area contributed by atoms with Crippen molar-refractivity contribution in [2.75, 3.05) is 11.9 Å². The number of hydrogen-bond donors (Lipinski definition) is 2. The molecular weight excluding hydrogens is 358 g/mol. The summed E-state index contributed by atoms with van der Waals surface area (Å²) >= 11 is 0. The Labute approximate surface area is 162 Å². The predicted octanol–water partition coefficient (Wildman–Crippen LogP) is 3.02. The number of benzene rings is 1. The lowest BCUT2D eigenvalue weighted by Crippen LogP contribution is -2.30. The smallest absolute Gasteiger partial charge is 0.277 e. The van der Waals surface area contributed by atoms with Crippen LogP contribution < -0.4 is 10.6 Å². The Bertz CT molecular complexity index is 986. The lowest BCUT2D eigenvalue weighted by Gasteiger charge is -2.09. The number of rotatable bonds is 6. The van der Waals surface area contributed by atoms with Crippen molar-refractivity contribution in [2.45, 2.75) is 20.8 Å². The van der Waals surface area contributed by atoms with Gasteiger partial charge in [0.05, 0.1) is 11.9 Å². The zero-order valence-electron chi connectivity index (χ0n) is 16.3. The summed E-state index contributed by atoms with van der Waals surface area (Å²) in [6, 6.07) is 9.27. The summed E-state index contributed by atoms with van der Waals surface area (Å²) in [6.07, 6.45) is 1.43. The molecule has 0 saturated carbocycles. The molecule has 8 nitrogen and oxygen atoms in total. The first-order valence-corrected chi connectivity index (χ1v) is 9.00. The van der Waals surface area contributed by atoms with Crippen LogP contribution in [0.15, 0.2) is 41.1 Å². The molecule has 0 unspecified atom stereocenters. The Kier molecular flexibility index (Phi) is 5.58. The summed E-state index contributed by atoms with van der Waals surface area (Å²) in [7, 11) is 1.64. The first-order valence-electron chi connectivity index (χ1n) is 9.00. The molecule has 0 fully saturated rings. The Hall–Kier alpha value is -3.42. The molecule has 0 aliphatic rings. The van der Waals surface area contributed by atoms with Gasteiger partial charge in [-0.1, -0.05) is 48.8 Å². The highest BCUT2D eigenvalue weighted by molar-refractivity contribution is 6.07. The van der Waals surface area contributed by atoms with E-state index in [2.05, 4.69) is 20.9 Å².